The molecule has 0 atom stereocenters. The molecular weight excluding hydrogens is 436 g/mol. The van der Waals surface area contributed by atoms with Gasteiger partial charge in [0.15, 0.2) is 11.6 Å². The van der Waals surface area contributed by atoms with Crippen LogP contribution in [0.1, 0.15) is 40.0 Å². The zero-order chi connectivity index (χ0) is 25.2. The molecule has 8 heteroatoms. The molecule has 2 heterocycles. The maximum Gasteiger partial charge on any atom is 0.207 e. The molecular formula is C27H42N8. The van der Waals surface area contributed by atoms with Crippen molar-refractivity contribution in [2.45, 2.75) is 46.1 Å². The highest BCUT2D eigenvalue weighted by Gasteiger charge is 2.21. The standard InChI is InChI=1S/C27H42N8/c1-6-24(34-18-16-32(4)17-19-34)14-11-15-29-27-31-26(20-25(28)33(27)5)35(22(2)3)21-30-23-12-9-7-8-10-13-23/h6,9,12-13,22,30H,7,11,14-19,21,28H2,1-5H3,(H,29,31)/b24-6+. The second-order valence-corrected chi connectivity index (χ2v) is 9.35. The third-order valence-corrected chi connectivity index (χ3v) is 6.46. The number of piperazine rings is 1. The van der Waals surface area contributed by atoms with Crippen LogP contribution in [0.2, 0.25) is 0 Å². The van der Waals surface area contributed by atoms with E-state index in [4.69, 9.17) is 10.7 Å². The number of guanidine groups is 1. The topological polar surface area (TPSA) is 75.4 Å². The van der Waals surface area contributed by atoms with Gasteiger partial charge in [0, 0.05) is 69.7 Å². The lowest BCUT2D eigenvalue weighted by Gasteiger charge is -2.35. The van der Waals surface area contributed by atoms with Crippen molar-refractivity contribution in [2.24, 2.45) is 10.7 Å². The Labute approximate surface area is 211 Å². The summed E-state index contributed by atoms with van der Waals surface area (Å²) in [5.41, 5.74) is 12.0. The summed E-state index contributed by atoms with van der Waals surface area (Å²) in [6, 6.07) is 0.216. The van der Waals surface area contributed by atoms with Crippen LogP contribution >= 0.6 is 0 Å². The molecule has 190 valence electrons. The van der Waals surface area contributed by atoms with Crippen molar-refractivity contribution in [3.05, 3.63) is 53.1 Å². The van der Waals surface area contributed by atoms with Gasteiger partial charge < -0.3 is 31.1 Å². The molecule has 0 spiro atoms. The van der Waals surface area contributed by atoms with Crippen molar-refractivity contribution in [2.75, 3.05) is 53.5 Å². The van der Waals surface area contributed by atoms with Gasteiger partial charge in [-0.05, 0) is 52.5 Å². The Hall–Kier alpha value is -3.27. The summed E-state index contributed by atoms with van der Waals surface area (Å²) < 4.78 is 0. The Kier molecular flexibility index (Phi) is 9.77. The van der Waals surface area contributed by atoms with Gasteiger partial charge in [-0.15, -0.1) is 0 Å². The molecule has 0 aromatic heterocycles. The number of likely N-dealkylation sites (N-methyl/N-ethyl adjacent to an activating group) is 1. The van der Waals surface area contributed by atoms with E-state index in [-0.39, 0.29) is 6.04 Å². The van der Waals surface area contributed by atoms with E-state index in [1.165, 1.54) is 5.70 Å². The molecule has 0 amide bonds. The lowest BCUT2D eigenvalue weighted by atomic mass is 10.2. The first kappa shape index (κ1) is 26.3. The van der Waals surface area contributed by atoms with Crippen LogP contribution in [-0.4, -0.2) is 85.1 Å². The number of allylic oxidation sites excluding steroid dienone is 5. The zero-order valence-electron chi connectivity index (χ0n) is 22.1. The molecule has 0 aromatic carbocycles. The van der Waals surface area contributed by atoms with Gasteiger partial charge in [0.1, 0.15) is 0 Å². The molecule has 0 radical (unpaired) electrons. The van der Waals surface area contributed by atoms with Crippen molar-refractivity contribution in [3.8, 4) is 11.8 Å². The van der Waals surface area contributed by atoms with E-state index >= 15 is 0 Å². The monoisotopic (exact) mass is 478 g/mol. The molecule has 1 saturated heterocycles. The molecule has 4 N–H and O–H groups in total. The molecule has 1 aliphatic carbocycles. The second kappa shape index (κ2) is 13.0. The van der Waals surface area contributed by atoms with E-state index in [2.05, 4.69) is 89.0 Å². The summed E-state index contributed by atoms with van der Waals surface area (Å²) in [5.74, 6) is 8.16. The van der Waals surface area contributed by atoms with Crippen LogP contribution in [0.4, 0.5) is 0 Å². The first-order chi connectivity index (χ1) is 16.9. The van der Waals surface area contributed by atoms with Gasteiger partial charge >= 0.3 is 0 Å². The van der Waals surface area contributed by atoms with Gasteiger partial charge in [-0.3, -0.25) is 4.90 Å². The number of hydrogen-bond donors (Lipinski definition) is 3. The average molecular weight is 479 g/mol. The molecule has 0 saturated carbocycles. The van der Waals surface area contributed by atoms with Crippen LogP contribution in [0.3, 0.4) is 0 Å². The van der Waals surface area contributed by atoms with Gasteiger partial charge in [-0.2, -0.15) is 4.99 Å². The van der Waals surface area contributed by atoms with Gasteiger partial charge in [0.05, 0.1) is 6.67 Å². The van der Waals surface area contributed by atoms with Gasteiger partial charge in [0.2, 0.25) is 5.96 Å². The Morgan fingerprint density at radius 3 is 2.71 bits per heavy atom. The Morgan fingerprint density at radius 1 is 1.23 bits per heavy atom. The fourth-order valence-corrected chi connectivity index (χ4v) is 4.13. The van der Waals surface area contributed by atoms with E-state index in [1.54, 1.807) is 0 Å². The largest absolute Gasteiger partial charge is 0.378 e. The summed E-state index contributed by atoms with van der Waals surface area (Å²) in [7, 11) is 4.11. The number of hydrogen-bond acceptors (Lipinski definition) is 8. The molecule has 35 heavy (non-hydrogen) atoms. The molecule has 0 bridgehead atoms. The molecule has 3 rings (SSSR count). The molecule has 0 aromatic rings. The Bertz CT molecular complexity index is 976. The van der Waals surface area contributed by atoms with Crippen molar-refractivity contribution in [1.29, 1.82) is 0 Å². The van der Waals surface area contributed by atoms with Gasteiger partial charge in [-0.25, -0.2) is 0 Å². The van der Waals surface area contributed by atoms with Crippen molar-refractivity contribution in [1.82, 2.24) is 30.2 Å². The maximum atomic E-state index is 6.32. The van der Waals surface area contributed by atoms with Gasteiger partial charge in [-0.1, -0.05) is 24.0 Å². The van der Waals surface area contributed by atoms with Crippen LogP contribution in [-0.2, 0) is 0 Å². The van der Waals surface area contributed by atoms with Crippen LogP contribution in [0.15, 0.2) is 58.1 Å². The third-order valence-electron chi connectivity index (χ3n) is 6.46. The predicted molar refractivity (Wildman–Crippen MR) is 145 cm³/mol. The number of aliphatic imine (C=N–C) groups is 1. The van der Waals surface area contributed by atoms with Crippen LogP contribution in [0.25, 0.3) is 0 Å². The van der Waals surface area contributed by atoms with E-state index in [0.717, 1.165) is 69.5 Å². The summed E-state index contributed by atoms with van der Waals surface area (Å²) in [6.45, 7) is 12.3. The van der Waals surface area contributed by atoms with Gasteiger partial charge in [0.25, 0.3) is 0 Å². The zero-order valence-corrected chi connectivity index (χ0v) is 22.1. The van der Waals surface area contributed by atoms with Crippen molar-refractivity contribution in [3.63, 3.8) is 0 Å². The smallest absolute Gasteiger partial charge is 0.207 e. The quantitative estimate of drug-likeness (QED) is 0.192. The lowest BCUT2D eigenvalue weighted by molar-refractivity contribution is 0.181. The van der Waals surface area contributed by atoms with Crippen molar-refractivity contribution >= 4 is 5.96 Å². The number of nitrogens with zero attached hydrogens (tertiary/aromatic N) is 5. The first-order valence-electron chi connectivity index (χ1n) is 12.7. The maximum absolute atomic E-state index is 6.32. The number of nitrogens with one attached hydrogen (secondary N) is 2. The summed E-state index contributed by atoms with van der Waals surface area (Å²) in [5, 5.41) is 6.96. The highest BCUT2D eigenvalue weighted by molar-refractivity contribution is 5.83. The highest BCUT2D eigenvalue weighted by atomic mass is 15.4. The van der Waals surface area contributed by atoms with E-state index < -0.39 is 0 Å². The fourth-order valence-electron chi connectivity index (χ4n) is 4.13. The number of rotatable bonds is 10. The summed E-state index contributed by atoms with van der Waals surface area (Å²) >= 11 is 0. The van der Waals surface area contributed by atoms with Crippen LogP contribution < -0.4 is 16.4 Å². The van der Waals surface area contributed by atoms with E-state index in [0.29, 0.717) is 12.5 Å². The van der Waals surface area contributed by atoms with Crippen LogP contribution in [0.5, 0.6) is 0 Å². The molecule has 2 aliphatic heterocycles. The highest BCUT2D eigenvalue weighted by Crippen LogP contribution is 2.16. The second-order valence-electron chi connectivity index (χ2n) is 9.35. The summed E-state index contributed by atoms with van der Waals surface area (Å²) in [4.78, 5) is 13.8. The first-order valence-corrected chi connectivity index (χ1v) is 12.7. The molecule has 3 aliphatic rings. The van der Waals surface area contributed by atoms with E-state index in [1.807, 2.05) is 18.0 Å². The Balaban J connectivity index is 1.58. The minimum atomic E-state index is 0.216. The van der Waals surface area contributed by atoms with Crippen molar-refractivity contribution < 1.29 is 0 Å². The van der Waals surface area contributed by atoms with E-state index in [9.17, 15) is 0 Å². The lowest BCUT2D eigenvalue weighted by Crippen LogP contribution is -2.45. The summed E-state index contributed by atoms with van der Waals surface area (Å²) in [6.07, 6.45) is 11.1. The molecule has 1 fully saturated rings. The Morgan fingerprint density at radius 2 is 2.00 bits per heavy atom. The SMILES string of the molecule is C/C=C(\CCCNC1=NC(N(CNC2=CC#CCC=C2)C(C)C)=C=C(N)N1C)N1CCN(C)CC1. The molecule has 0 unspecified atom stereocenters. The minimum absolute atomic E-state index is 0.216. The fraction of sp³-hybridized carbons (Fsp3) is 0.556. The average Bonchev–Trinajstić information content (AvgIpc) is 3.11. The number of nitrogens with two attached hydrogens (primary N) is 1. The predicted octanol–water partition coefficient (Wildman–Crippen LogP) is 2.15. The third kappa shape index (κ3) is 7.61. The molecule has 8 nitrogen and oxygen atoms in total. The minimum Gasteiger partial charge on any atom is -0.378 e. The normalized spacial score (nSPS) is 18.7. The van der Waals surface area contributed by atoms with Crippen LogP contribution in [0, 0.1) is 11.8 Å².